The maximum Gasteiger partial charge on any atom is 0.120 e. The average Bonchev–Trinajstić information content (AvgIpc) is 2.75. The van der Waals surface area contributed by atoms with Crippen molar-refractivity contribution >= 4 is 0 Å². The fraction of sp³-hybridized carbons (Fsp3) is 0.765. The van der Waals surface area contributed by atoms with Crippen LogP contribution in [0.15, 0.2) is 16.5 Å². The lowest BCUT2D eigenvalue weighted by Gasteiger charge is -2.32. The molecule has 1 aromatic rings. The van der Waals surface area contributed by atoms with Gasteiger partial charge in [0, 0.05) is 6.04 Å². The summed E-state index contributed by atoms with van der Waals surface area (Å²) < 4.78 is 5.72. The summed E-state index contributed by atoms with van der Waals surface area (Å²) in [4.78, 5) is 0. The Kier molecular flexibility index (Phi) is 5.09. The van der Waals surface area contributed by atoms with E-state index in [4.69, 9.17) is 4.42 Å². The van der Waals surface area contributed by atoms with Crippen LogP contribution < -0.4 is 5.32 Å². The van der Waals surface area contributed by atoms with Crippen molar-refractivity contribution < 1.29 is 4.42 Å². The third-order valence-corrected chi connectivity index (χ3v) is 4.26. The summed E-state index contributed by atoms with van der Waals surface area (Å²) in [5.41, 5.74) is 0. The van der Waals surface area contributed by atoms with Crippen LogP contribution in [0.25, 0.3) is 0 Å². The second kappa shape index (κ2) is 6.60. The van der Waals surface area contributed by atoms with Gasteiger partial charge in [-0.2, -0.15) is 0 Å². The molecule has 0 saturated heterocycles. The first-order valence-electron chi connectivity index (χ1n) is 7.87. The van der Waals surface area contributed by atoms with Crippen molar-refractivity contribution in [3.63, 3.8) is 0 Å². The van der Waals surface area contributed by atoms with E-state index in [1.165, 1.54) is 32.1 Å². The minimum absolute atomic E-state index is 0.330. The van der Waals surface area contributed by atoms with Crippen LogP contribution in [-0.4, -0.2) is 6.04 Å². The highest BCUT2D eigenvalue weighted by molar-refractivity contribution is 5.09. The molecule has 2 nitrogen and oxygen atoms in total. The maximum absolute atomic E-state index is 5.72. The van der Waals surface area contributed by atoms with E-state index in [1.54, 1.807) is 0 Å². The quantitative estimate of drug-likeness (QED) is 0.822. The van der Waals surface area contributed by atoms with Gasteiger partial charge in [0.05, 0.1) is 6.04 Å². The van der Waals surface area contributed by atoms with Crippen molar-refractivity contribution in [1.29, 1.82) is 0 Å². The van der Waals surface area contributed by atoms with Gasteiger partial charge in [0.1, 0.15) is 11.5 Å². The van der Waals surface area contributed by atoms with E-state index in [9.17, 15) is 0 Å². The molecule has 0 aliphatic heterocycles. The first-order valence-corrected chi connectivity index (χ1v) is 7.87. The van der Waals surface area contributed by atoms with Gasteiger partial charge >= 0.3 is 0 Å². The summed E-state index contributed by atoms with van der Waals surface area (Å²) in [6.07, 6.45) is 6.83. The smallest absolute Gasteiger partial charge is 0.120 e. The van der Waals surface area contributed by atoms with Crippen LogP contribution in [0.4, 0.5) is 0 Å². The molecule has 1 fully saturated rings. The minimum Gasteiger partial charge on any atom is -0.465 e. The summed E-state index contributed by atoms with van der Waals surface area (Å²) in [5, 5.41) is 3.76. The molecule has 3 atom stereocenters. The zero-order valence-corrected chi connectivity index (χ0v) is 12.9. The van der Waals surface area contributed by atoms with Crippen LogP contribution in [-0.2, 0) is 0 Å². The lowest BCUT2D eigenvalue weighted by atomic mass is 9.81. The Morgan fingerprint density at radius 1 is 1.26 bits per heavy atom. The highest BCUT2D eigenvalue weighted by Gasteiger charge is 2.24. The highest BCUT2D eigenvalue weighted by atomic mass is 16.3. The Hall–Kier alpha value is -0.760. The van der Waals surface area contributed by atoms with E-state index in [2.05, 4.69) is 38.2 Å². The van der Waals surface area contributed by atoms with Gasteiger partial charge in [0.25, 0.3) is 0 Å². The zero-order chi connectivity index (χ0) is 13.8. The van der Waals surface area contributed by atoms with Gasteiger partial charge in [-0.25, -0.2) is 0 Å². The molecular formula is C17H29NO. The van der Waals surface area contributed by atoms with Crippen LogP contribution in [0.2, 0.25) is 0 Å². The minimum atomic E-state index is 0.330. The van der Waals surface area contributed by atoms with Crippen molar-refractivity contribution in [2.24, 2.45) is 11.8 Å². The Labute approximate surface area is 118 Å². The molecule has 108 valence electrons. The van der Waals surface area contributed by atoms with Crippen molar-refractivity contribution in [2.45, 2.75) is 71.9 Å². The topological polar surface area (TPSA) is 25.2 Å². The van der Waals surface area contributed by atoms with Gasteiger partial charge in [-0.3, -0.25) is 0 Å². The maximum atomic E-state index is 5.72. The van der Waals surface area contributed by atoms with Gasteiger partial charge in [-0.05, 0) is 57.1 Å². The second-order valence-electron chi connectivity index (χ2n) is 6.70. The van der Waals surface area contributed by atoms with E-state index in [-0.39, 0.29) is 0 Å². The molecule has 1 aliphatic carbocycles. The summed E-state index contributed by atoms with van der Waals surface area (Å²) in [5.74, 6) is 3.82. The van der Waals surface area contributed by atoms with Crippen LogP contribution >= 0.6 is 0 Å². The number of furan rings is 1. The molecule has 1 aliphatic rings. The largest absolute Gasteiger partial charge is 0.465 e. The summed E-state index contributed by atoms with van der Waals surface area (Å²) >= 11 is 0. The molecule has 1 saturated carbocycles. The normalized spacial score (nSPS) is 25.7. The number of nitrogens with one attached hydrogen (secondary N) is 1. The standard InChI is InChI=1S/C17H29NO/c1-12(2)10-15-6-5-7-16(11-15)18-14(4)17-9-8-13(3)19-17/h8-9,12,14-16,18H,5-7,10-11H2,1-4H3. The SMILES string of the molecule is Cc1ccc(C(C)NC2CCCC(CC(C)C)C2)o1. The molecular weight excluding hydrogens is 234 g/mol. The van der Waals surface area contributed by atoms with Crippen molar-refractivity contribution in [1.82, 2.24) is 5.32 Å². The van der Waals surface area contributed by atoms with Crippen LogP contribution in [0.5, 0.6) is 0 Å². The van der Waals surface area contributed by atoms with Crippen molar-refractivity contribution in [3.8, 4) is 0 Å². The fourth-order valence-corrected chi connectivity index (χ4v) is 3.44. The summed E-state index contributed by atoms with van der Waals surface area (Å²) in [6, 6.07) is 5.14. The van der Waals surface area contributed by atoms with E-state index in [1.807, 2.05) is 6.92 Å². The van der Waals surface area contributed by atoms with Gasteiger partial charge in [-0.1, -0.05) is 26.7 Å². The first-order chi connectivity index (χ1) is 9.04. The van der Waals surface area contributed by atoms with E-state index < -0.39 is 0 Å². The first kappa shape index (κ1) is 14.6. The average molecular weight is 263 g/mol. The van der Waals surface area contributed by atoms with Crippen molar-refractivity contribution in [3.05, 3.63) is 23.7 Å². The molecule has 3 unspecified atom stereocenters. The molecule has 19 heavy (non-hydrogen) atoms. The molecule has 2 heteroatoms. The molecule has 1 N–H and O–H groups in total. The van der Waals surface area contributed by atoms with E-state index in [0.717, 1.165) is 23.4 Å². The number of hydrogen-bond donors (Lipinski definition) is 1. The van der Waals surface area contributed by atoms with Gasteiger partial charge < -0.3 is 9.73 Å². The number of aryl methyl sites for hydroxylation is 1. The monoisotopic (exact) mass is 263 g/mol. The lowest BCUT2D eigenvalue weighted by Crippen LogP contribution is -2.36. The zero-order valence-electron chi connectivity index (χ0n) is 12.9. The van der Waals surface area contributed by atoms with Gasteiger partial charge in [0.15, 0.2) is 0 Å². The Morgan fingerprint density at radius 2 is 2.05 bits per heavy atom. The summed E-state index contributed by atoms with van der Waals surface area (Å²) in [6.45, 7) is 8.90. The summed E-state index contributed by atoms with van der Waals surface area (Å²) in [7, 11) is 0. The Bertz CT molecular complexity index is 382. The van der Waals surface area contributed by atoms with Crippen molar-refractivity contribution in [2.75, 3.05) is 0 Å². The van der Waals surface area contributed by atoms with Crippen LogP contribution in [0, 0.1) is 18.8 Å². The van der Waals surface area contributed by atoms with E-state index in [0.29, 0.717) is 12.1 Å². The van der Waals surface area contributed by atoms with Gasteiger partial charge in [0.2, 0.25) is 0 Å². The van der Waals surface area contributed by atoms with Gasteiger partial charge in [-0.15, -0.1) is 0 Å². The molecule has 0 radical (unpaired) electrons. The fourth-order valence-electron chi connectivity index (χ4n) is 3.44. The van der Waals surface area contributed by atoms with Crippen LogP contribution in [0.1, 0.15) is 70.4 Å². The number of hydrogen-bond acceptors (Lipinski definition) is 2. The Balaban J connectivity index is 1.84. The molecule has 0 bridgehead atoms. The molecule has 0 aromatic carbocycles. The molecule has 1 heterocycles. The van der Waals surface area contributed by atoms with E-state index >= 15 is 0 Å². The molecule has 1 aromatic heterocycles. The predicted molar refractivity (Wildman–Crippen MR) is 80.2 cm³/mol. The molecule has 0 amide bonds. The second-order valence-corrected chi connectivity index (χ2v) is 6.70. The molecule has 0 spiro atoms. The molecule has 2 rings (SSSR count). The third kappa shape index (κ3) is 4.38. The number of rotatable bonds is 5. The van der Waals surface area contributed by atoms with Crippen LogP contribution in [0.3, 0.4) is 0 Å². The Morgan fingerprint density at radius 3 is 2.68 bits per heavy atom. The predicted octanol–water partition coefficient (Wildman–Crippen LogP) is 4.84. The third-order valence-electron chi connectivity index (χ3n) is 4.26. The lowest BCUT2D eigenvalue weighted by molar-refractivity contribution is 0.236. The highest BCUT2D eigenvalue weighted by Crippen LogP contribution is 2.30.